The van der Waals surface area contributed by atoms with Gasteiger partial charge in [-0.1, -0.05) is 56.3 Å². The summed E-state index contributed by atoms with van der Waals surface area (Å²) >= 11 is 0. The minimum Gasteiger partial charge on any atom is -0.282 e. The van der Waals surface area contributed by atoms with Gasteiger partial charge in [0.15, 0.2) is 0 Å². The molecule has 0 saturated carbocycles. The Morgan fingerprint density at radius 1 is 1.25 bits per heavy atom. The van der Waals surface area contributed by atoms with Crippen LogP contribution in [0.25, 0.3) is 0 Å². The van der Waals surface area contributed by atoms with Crippen LogP contribution >= 0.6 is 0 Å². The average Bonchev–Trinajstić information content (AvgIpc) is 2.41. The molecule has 20 heavy (non-hydrogen) atoms. The quantitative estimate of drug-likeness (QED) is 0.863. The van der Waals surface area contributed by atoms with Crippen LogP contribution in [0.1, 0.15) is 25.8 Å². The number of allylic oxidation sites excluding steroid dienone is 3. The monoisotopic (exact) mass is 292 g/mol. The third kappa shape index (κ3) is 3.19. The van der Waals surface area contributed by atoms with Gasteiger partial charge in [0.05, 0.1) is 4.91 Å². The summed E-state index contributed by atoms with van der Waals surface area (Å²) in [6.45, 7) is 4.21. The highest BCUT2D eigenvalue weighted by Gasteiger charge is 2.33. The zero-order chi connectivity index (χ0) is 14.8. The predicted molar refractivity (Wildman–Crippen MR) is 80.8 cm³/mol. The molecule has 1 aliphatic carbocycles. The van der Waals surface area contributed by atoms with Gasteiger partial charge in [0.2, 0.25) is 0 Å². The van der Waals surface area contributed by atoms with Crippen LogP contribution in [0.2, 0.25) is 0 Å². The predicted octanol–water partition coefficient (Wildman–Crippen LogP) is 3.60. The molecule has 0 radical (unpaired) electrons. The first-order valence-electron chi connectivity index (χ1n) is 6.77. The smallest absolute Gasteiger partial charge is 0.282 e. The van der Waals surface area contributed by atoms with Crippen molar-refractivity contribution in [3.05, 3.63) is 59.0 Å². The molecule has 2 unspecified atom stereocenters. The fourth-order valence-electron chi connectivity index (χ4n) is 2.55. The third-order valence-electron chi connectivity index (χ3n) is 4.20. The fourth-order valence-corrected chi connectivity index (χ4v) is 3.13. The molecule has 1 aromatic carbocycles. The van der Waals surface area contributed by atoms with E-state index in [-0.39, 0.29) is 16.2 Å². The molecule has 1 aliphatic rings. The highest BCUT2D eigenvalue weighted by Crippen LogP contribution is 2.40. The number of hydrogen-bond acceptors (Lipinski definition) is 2. The highest BCUT2D eigenvalue weighted by molar-refractivity contribution is 7.90. The molecule has 3 nitrogen and oxygen atoms in total. The molecule has 1 N–H and O–H groups in total. The lowest BCUT2D eigenvalue weighted by Gasteiger charge is -2.35. The van der Waals surface area contributed by atoms with E-state index in [0.29, 0.717) is 0 Å². The van der Waals surface area contributed by atoms with Gasteiger partial charge in [-0.25, -0.2) is 0 Å². The van der Waals surface area contributed by atoms with Gasteiger partial charge in [0.25, 0.3) is 10.1 Å². The normalized spacial score (nSPS) is 26.4. The second kappa shape index (κ2) is 5.54. The summed E-state index contributed by atoms with van der Waals surface area (Å²) in [5.41, 5.74) is 1.07. The van der Waals surface area contributed by atoms with Gasteiger partial charge in [-0.3, -0.25) is 4.55 Å². The molecule has 0 amide bonds. The lowest BCUT2D eigenvalue weighted by atomic mass is 9.70. The van der Waals surface area contributed by atoms with E-state index < -0.39 is 10.1 Å². The first-order valence-corrected chi connectivity index (χ1v) is 8.21. The van der Waals surface area contributed by atoms with Crippen molar-refractivity contribution in [1.29, 1.82) is 0 Å². The van der Waals surface area contributed by atoms with E-state index in [1.54, 1.807) is 6.08 Å². The highest BCUT2D eigenvalue weighted by atomic mass is 32.2. The maximum Gasteiger partial charge on any atom is 0.294 e. The molecule has 4 heteroatoms. The summed E-state index contributed by atoms with van der Waals surface area (Å²) < 4.78 is 31.9. The summed E-state index contributed by atoms with van der Waals surface area (Å²) in [6.07, 6.45) is 6.78. The Hall–Kier alpha value is -1.39. The minimum atomic E-state index is -4.14. The van der Waals surface area contributed by atoms with E-state index in [0.717, 1.165) is 12.8 Å². The first kappa shape index (κ1) is 15.0. The van der Waals surface area contributed by atoms with Crippen LogP contribution in [0.15, 0.2) is 53.5 Å². The molecule has 0 fully saturated rings. The van der Waals surface area contributed by atoms with Crippen molar-refractivity contribution in [1.82, 2.24) is 0 Å². The molecular formula is C16H20O3S. The Morgan fingerprint density at radius 3 is 2.45 bits per heavy atom. The maximum absolute atomic E-state index is 11.3. The Morgan fingerprint density at radius 2 is 1.90 bits per heavy atom. The second-order valence-electron chi connectivity index (χ2n) is 5.53. The second-order valence-corrected chi connectivity index (χ2v) is 6.95. The van der Waals surface area contributed by atoms with Crippen molar-refractivity contribution in [3.63, 3.8) is 0 Å². The lowest BCUT2D eigenvalue weighted by Crippen LogP contribution is -2.28. The molecule has 1 aromatic rings. The Kier molecular flexibility index (Phi) is 4.16. The van der Waals surface area contributed by atoms with Crippen molar-refractivity contribution < 1.29 is 13.0 Å². The molecular weight excluding hydrogens is 272 g/mol. The molecule has 0 spiro atoms. The standard InChI is InChI=1S/C16H20O3S/c1-3-16(2)10-9-15(20(17,18)19)12-14(16)11-13-7-5-4-6-8-13/h4-10,12,14H,3,11H2,1-2H3,(H,17,18,19). The van der Waals surface area contributed by atoms with Crippen molar-refractivity contribution in [2.24, 2.45) is 11.3 Å². The molecule has 2 rings (SSSR count). The molecule has 2 atom stereocenters. The van der Waals surface area contributed by atoms with E-state index in [1.807, 2.05) is 36.4 Å². The summed E-state index contributed by atoms with van der Waals surface area (Å²) in [4.78, 5) is 0.00403. The summed E-state index contributed by atoms with van der Waals surface area (Å²) in [5.74, 6) is 0.0526. The largest absolute Gasteiger partial charge is 0.294 e. The number of hydrogen-bond donors (Lipinski definition) is 1. The van der Waals surface area contributed by atoms with E-state index in [9.17, 15) is 13.0 Å². The van der Waals surface area contributed by atoms with Gasteiger partial charge in [-0.15, -0.1) is 0 Å². The van der Waals surface area contributed by atoms with Crippen LogP contribution in [0.4, 0.5) is 0 Å². The summed E-state index contributed by atoms with van der Waals surface area (Å²) in [5, 5.41) is 0. The van der Waals surface area contributed by atoms with Crippen molar-refractivity contribution in [2.45, 2.75) is 26.7 Å². The molecule has 0 aliphatic heterocycles. The Balaban J connectivity index is 2.35. The van der Waals surface area contributed by atoms with E-state index in [1.165, 1.54) is 11.6 Å². The van der Waals surface area contributed by atoms with Gasteiger partial charge in [-0.2, -0.15) is 8.42 Å². The van der Waals surface area contributed by atoms with Gasteiger partial charge >= 0.3 is 0 Å². The zero-order valence-electron chi connectivity index (χ0n) is 11.8. The van der Waals surface area contributed by atoms with Crippen LogP contribution in [0.3, 0.4) is 0 Å². The van der Waals surface area contributed by atoms with Gasteiger partial charge in [-0.05, 0) is 35.8 Å². The average molecular weight is 292 g/mol. The van der Waals surface area contributed by atoms with Crippen LogP contribution in [-0.2, 0) is 16.5 Å². The minimum absolute atomic E-state index is 0.00403. The van der Waals surface area contributed by atoms with Gasteiger partial charge in [0.1, 0.15) is 0 Å². The summed E-state index contributed by atoms with van der Waals surface area (Å²) in [6, 6.07) is 9.99. The van der Waals surface area contributed by atoms with Crippen molar-refractivity contribution in [2.75, 3.05) is 0 Å². The van der Waals surface area contributed by atoms with Gasteiger partial charge in [0, 0.05) is 0 Å². The summed E-state index contributed by atoms with van der Waals surface area (Å²) in [7, 11) is -4.14. The number of benzene rings is 1. The third-order valence-corrected chi connectivity index (χ3v) is 5.07. The van der Waals surface area contributed by atoms with Crippen LogP contribution in [0.5, 0.6) is 0 Å². The first-order chi connectivity index (χ1) is 9.35. The molecule has 0 bridgehead atoms. The van der Waals surface area contributed by atoms with E-state index >= 15 is 0 Å². The van der Waals surface area contributed by atoms with Crippen LogP contribution in [-0.4, -0.2) is 13.0 Å². The maximum atomic E-state index is 11.3. The van der Waals surface area contributed by atoms with Gasteiger partial charge < -0.3 is 0 Å². The van der Waals surface area contributed by atoms with Crippen LogP contribution < -0.4 is 0 Å². The molecule has 108 valence electrons. The van der Waals surface area contributed by atoms with E-state index in [2.05, 4.69) is 13.8 Å². The van der Waals surface area contributed by atoms with Crippen LogP contribution in [0, 0.1) is 11.3 Å². The molecule has 0 heterocycles. The topological polar surface area (TPSA) is 54.4 Å². The molecule has 0 saturated heterocycles. The fraction of sp³-hybridized carbons (Fsp3) is 0.375. The zero-order valence-corrected chi connectivity index (χ0v) is 12.6. The van der Waals surface area contributed by atoms with Crippen molar-refractivity contribution >= 4 is 10.1 Å². The van der Waals surface area contributed by atoms with E-state index in [4.69, 9.17) is 0 Å². The lowest BCUT2D eigenvalue weighted by molar-refractivity contribution is 0.290. The Bertz CT molecular complexity index is 629. The number of rotatable bonds is 4. The molecule has 0 aromatic heterocycles. The van der Waals surface area contributed by atoms with Crippen molar-refractivity contribution in [3.8, 4) is 0 Å². The SMILES string of the molecule is CCC1(C)C=CC(S(=O)(=O)O)=CC1Cc1ccccc1. The Labute approximate surface area is 120 Å².